The molecule has 2 nitrogen and oxygen atoms in total. The number of nitrogen functional groups attached to an aromatic ring is 1. The van der Waals surface area contributed by atoms with Gasteiger partial charge in [0.1, 0.15) is 0 Å². The van der Waals surface area contributed by atoms with Crippen LogP contribution in [0.3, 0.4) is 0 Å². The molecule has 1 aromatic rings. The van der Waals surface area contributed by atoms with E-state index in [9.17, 15) is 0 Å². The van der Waals surface area contributed by atoms with Gasteiger partial charge in [-0.15, -0.1) is 0 Å². The van der Waals surface area contributed by atoms with E-state index in [2.05, 4.69) is 13.0 Å². The Morgan fingerprint density at radius 3 is 2.62 bits per heavy atom. The quantitative estimate of drug-likeness (QED) is 0.529. The van der Waals surface area contributed by atoms with E-state index in [1.165, 1.54) is 37.8 Å². The number of nitrogens with two attached hydrogens (primary N) is 1. The lowest BCUT2D eigenvalue weighted by atomic mass is 10.1. The summed E-state index contributed by atoms with van der Waals surface area (Å²) in [5, 5.41) is 0. The zero-order chi connectivity index (χ0) is 9.52. The van der Waals surface area contributed by atoms with Crippen LogP contribution in [0.2, 0.25) is 0 Å². The summed E-state index contributed by atoms with van der Waals surface area (Å²) >= 11 is 0. The molecule has 0 aliphatic carbocycles. The molecule has 0 saturated heterocycles. The average Bonchev–Trinajstić information content (AvgIpc) is 2.52. The van der Waals surface area contributed by atoms with Crippen LogP contribution < -0.4 is 5.84 Å². The zero-order valence-electron chi connectivity index (χ0n) is 8.50. The largest absolute Gasteiger partial charge is 0.339 e. The van der Waals surface area contributed by atoms with E-state index in [0.29, 0.717) is 0 Å². The van der Waals surface area contributed by atoms with Gasteiger partial charge in [-0.1, -0.05) is 32.6 Å². The van der Waals surface area contributed by atoms with Crippen LogP contribution in [0.15, 0.2) is 18.3 Å². The van der Waals surface area contributed by atoms with E-state index >= 15 is 0 Å². The Kier molecular flexibility index (Phi) is 4.44. The van der Waals surface area contributed by atoms with Crippen molar-refractivity contribution in [3.05, 3.63) is 24.0 Å². The molecule has 74 valence electrons. The normalized spacial score (nSPS) is 10.5. The average molecular weight is 180 g/mol. The summed E-state index contributed by atoms with van der Waals surface area (Å²) in [7, 11) is 0. The molecule has 0 aliphatic heterocycles. The maximum Gasteiger partial charge on any atom is 0.0391 e. The van der Waals surface area contributed by atoms with Crippen LogP contribution in [-0.4, -0.2) is 4.68 Å². The highest BCUT2D eigenvalue weighted by atomic mass is 15.3. The van der Waals surface area contributed by atoms with Gasteiger partial charge >= 0.3 is 0 Å². The first-order valence-corrected chi connectivity index (χ1v) is 5.26. The lowest BCUT2D eigenvalue weighted by Crippen LogP contribution is -2.10. The van der Waals surface area contributed by atoms with Crippen LogP contribution in [0, 0.1) is 0 Å². The molecule has 0 unspecified atom stereocenters. The Morgan fingerprint density at radius 2 is 2.00 bits per heavy atom. The van der Waals surface area contributed by atoms with Crippen LogP contribution in [-0.2, 0) is 6.42 Å². The Morgan fingerprint density at radius 1 is 1.23 bits per heavy atom. The fourth-order valence-electron chi connectivity index (χ4n) is 1.55. The molecule has 1 rings (SSSR count). The first-order valence-electron chi connectivity index (χ1n) is 5.26. The van der Waals surface area contributed by atoms with E-state index in [0.717, 1.165) is 6.42 Å². The lowest BCUT2D eigenvalue weighted by molar-refractivity contribution is 0.623. The molecule has 0 amide bonds. The third kappa shape index (κ3) is 3.53. The van der Waals surface area contributed by atoms with E-state index in [1.54, 1.807) is 4.68 Å². The maximum absolute atomic E-state index is 5.70. The zero-order valence-corrected chi connectivity index (χ0v) is 8.50. The number of aryl methyl sites for hydroxylation is 1. The van der Waals surface area contributed by atoms with Crippen molar-refractivity contribution in [3.8, 4) is 0 Å². The first-order chi connectivity index (χ1) is 6.34. The smallest absolute Gasteiger partial charge is 0.0391 e. The molecule has 1 aromatic heterocycles. The van der Waals surface area contributed by atoms with Crippen molar-refractivity contribution in [1.82, 2.24) is 4.68 Å². The highest BCUT2D eigenvalue weighted by Gasteiger charge is 1.96. The number of unbranched alkanes of at least 4 members (excludes halogenated alkanes) is 4. The lowest BCUT2D eigenvalue weighted by Gasteiger charge is -2.02. The fraction of sp³-hybridized carbons (Fsp3) is 0.636. The minimum atomic E-state index is 1.12. The van der Waals surface area contributed by atoms with Crippen molar-refractivity contribution >= 4 is 0 Å². The van der Waals surface area contributed by atoms with E-state index in [1.807, 2.05) is 12.3 Å². The molecule has 0 fully saturated rings. The molecule has 0 bridgehead atoms. The van der Waals surface area contributed by atoms with Gasteiger partial charge in [0.2, 0.25) is 0 Å². The summed E-state index contributed by atoms with van der Waals surface area (Å²) < 4.78 is 1.72. The van der Waals surface area contributed by atoms with Gasteiger partial charge in [0.25, 0.3) is 0 Å². The van der Waals surface area contributed by atoms with Gasteiger partial charge in [0, 0.05) is 11.9 Å². The molecule has 0 spiro atoms. The molecule has 2 heteroatoms. The summed E-state index contributed by atoms with van der Waals surface area (Å²) in [6.45, 7) is 2.24. The van der Waals surface area contributed by atoms with Crippen molar-refractivity contribution in [2.45, 2.75) is 45.4 Å². The third-order valence-electron chi connectivity index (χ3n) is 2.40. The number of hydrogen-bond donors (Lipinski definition) is 1. The third-order valence-corrected chi connectivity index (χ3v) is 2.40. The monoisotopic (exact) mass is 180 g/mol. The van der Waals surface area contributed by atoms with Crippen molar-refractivity contribution in [1.29, 1.82) is 0 Å². The Labute approximate surface area is 80.7 Å². The second-order valence-corrected chi connectivity index (χ2v) is 3.57. The van der Waals surface area contributed by atoms with Crippen molar-refractivity contribution < 1.29 is 0 Å². The summed E-state index contributed by atoms with van der Waals surface area (Å²) in [6, 6.07) is 4.10. The maximum atomic E-state index is 5.70. The molecule has 0 radical (unpaired) electrons. The Balaban J connectivity index is 2.10. The number of rotatable bonds is 6. The SMILES string of the molecule is CCCCCCCc1cccn1N. The molecule has 0 atom stereocenters. The summed E-state index contributed by atoms with van der Waals surface area (Å²) in [5.74, 6) is 5.70. The van der Waals surface area contributed by atoms with E-state index in [-0.39, 0.29) is 0 Å². The highest BCUT2D eigenvalue weighted by Crippen LogP contribution is 2.07. The van der Waals surface area contributed by atoms with Crippen LogP contribution in [0.1, 0.15) is 44.7 Å². The van der Waals surface area contributed by atoms with Gasteiger partial charge < -0.3 is 5.84 Å². The van der Waals surface area contributed by atoms with Crippen LogP contribution in [0.5, 0.6) is 0 Å². The summed E-state index contributed by atoms with van der Waals surface area (Å²) in [5.41, 5.74) is 1.25. The molecule has 0 aliphatic rings. The standard InChI is InChI=1S/C11H20N2/c1-2-3-4-5-6-8-11-9-7-10-13(11)12/h7,9-10H,2-6,8,12H2,1H3. The van der Waals surface area contributed by atoms with E-state index in [4.69, 9.17) is 5.84 Å². The molecule has 1 heterocycles. The van der Waals surface area contributed by atoms with Gasteiger partial charge in [-0.25, -0.2) is 0 Å². The summed E-state index contributed by atoms with van der Waals surface area (Å²) in [4.78, 5) is 0. The van der Waals surface area contributed by atoms with Gasteiger partial charge in [-0.3, -0.25) is 4.68 Å². The fourth-order valence-corrected chi connectivity index (χ4v) is 1.55. The number of nitrogens with zero attached hydrogens (tertiary/aromatic N) is 1. The van der Waals surface area contributed by atoms with Gasteiger partial charge in [0.05, 0.1) is 0 Å². The van der Waals surface area contributed by atoms with Crippen LogP contribution >= 0.6 is 0 Å². The second-order valence-electron chi connectivity index (χ2n) is 3.57. The first kappa shape index (κ1) is 10.2. The predicted octanol–water partition coefficient (Wildman–Crippen LogP) is 2.71. The minimum absolute atomic E-state index is 1.12. The van der Waals surface area contributed by atoms with Crippen molar-refractivity contribution in [3.63, 3.8) is 0 Å². The van der Waals surface area contributed by atoms with Crippen molar-refractivity contribution in [2.24, 2.45) is 0 Å². The Hall–Kier alpha value is -0.920. The highest BCUT2D eigenvalue weighted by molar-refractivity contribution is 5.06. The number of aromatic nitrogens is 1. The van der Waals surface area contributed by atoms with Crippen LogP contribution in [0.4, 0.5) is 0 Å². The predicted molar refractivity (Wildman–Crippen MR) is 57.0 cm³/mol. The molecule has 13 heavy (non-hydrogen) atoms. The second kappa shape index (κ2) is 5.68. The van der Waals surface area contributed by atoms with Gasteiger partial charge in [0.15, 0.2) is 0 Å². The van der Waals surface area contributed by atoms with Crippen LogP contribution in [0.25, 0.3) is 0 Å². The Bertz CT molecular complexity index is 228. The van der Waals surface area contributed by atoms with E-state index < -0.39 is 0 Å². The molecule has 2 N–H and O–H groups in total. The molecule has 0 aromatic carbocycles. The van der Waals surface area contributed by atoms with Gasteiger partial charge in [-0.05, 0) is 25.0 Å². The molecular formula is C11H20N2. The topological polar surface area (TPSA) is 30.9 Å². The van der Waals surface area contributed by atoms with Gasteiger partial charge in [-0.2, -0.15) is 0 Å². The van der Waals surface area contributed by atoms with Crippen molar-refractivity contribution in [2.75, 3.05) is 5.84 Å². The molecule has 0 saturated carbocycles. The molecular weight excluding hydrogens is 160 g/mol. The summed E-state index contributed by atoms with van der Waals surface area (Å²) in [6.07, 6.45) is 9.66. The number of hydrogen-bond acceptors (Lipinski definition) is 1. The minimum Gasteiger partial charge on any atom is -0.339 e.